The van der Waals surface area contributed by atoms with Crippen LogP contribution in [0, 0.1) is 11.3 Å². The molecule has 0 aliphatic rings. The molecular weight excluding hydrogens is 250 g/mol. The van der Waals surface area contributed by atoms with E-state index in [0.29, 0.717) is 12.1 Å². The summed E-state index contributed by atoms with van der Waals surface area (Å²) < 4.78 is 0. The molecule has 0 radical (unpaired) electrons. The third-order valence-corrected chi connectivity index (χ3v) is 3.23. The van der Waals surface area contributed by atoms with Crippen LogP contribution < -0.4 is 5.32 Å². The lowest BCUT2D eigenvalue weighted by atomic mass is 10.1. The summed E-state index contributed by atoms with van der Waals surface area (Å²) in [4.78, 5) is 4.08. The van der Waals surface area contributed by atoms with Crippen LogP contribution in [-0.4, -0.2) is 16.6 Å². The van der Waals surface area contributed by atoms with E-state index in [1.807, 2.05) is 25.3 Å². The van der Waals surface area contributed by atoms with Gasteiger partial charge < -0.3 is 10.4 Å². The summed E-state index contributed by atoms with van der Waals surface area (Å²) in [6.45, 7) is 2.48. The number of aromatic nitrogens is 1. The summed E-state index contributed by atoms with van der Waals surface area (Å²) in [6.07, 6.45) is 2.95. The third-order valence-electron chi connectivity index (χ3n) is 3.23. The lowest BCUT2D eigenvalue weighted by molar-refractivity contribution is 0.171. The van der Waals surface area contributed by atoms with Crippen LogP contribution in [0.2, 0.25) is 0 Å². The zero-order valence-corrected chi connectivity index (χ0v) is 11.3. The predicted octanol–water partition coefficient (Wildman–Crippen LogP) is 2.34. The van der Waals surface area contributed by atoms with Crippen LogP contribution in [0.15, 0.2) is 48.8 Å². The number of benzene rings is 1. The first-order valence-corrected chi connectivity index (χ1v) is 6.52. The second-order valence-electron chi connectivity index (χ2n) is 4.67. The molecule has 0 spiro atoms. The first kappa shape index (κ1) is 14.2. The topological polar surface area (TPSA) is 68.9 Å². The van der Waals surface area contributed by atoms with Crippen LogP contribution in [0.4, 0.5) is 0 Å². The summed E-state index contributed by atoms with van der Waals surface area (Å²) in [5.74, 6) is 0. The molecule has 1 aromatic carbocycles. The Labute approximate surface area is 118 Å². The molecule has 4 heteroatoms. The fourth-order valence-corrected chi connectivity index (χ4v) is 1.94. The minimum Gasteiger partial charge on any atom is -0.387 e. The molecule has 0 bridgehead atoms. The molecule has 1 heterocycles. The van der Waals surface area contributed by atoms with Gasteiger partial charge in [-0.2, -0.15) is 5.26 Å². The Kier molecular flexibility index (Phi) is 4.83. The van der Waals surface area contributed by atoms with Gasteiger partial charge in [0.25, 0.3) is 0 Å². The third kappa shape index (κ3) is 3.64. The van der Waals surface area contributed by atoms with E-state index in [9.17, 15) is 5.11 Å². The van der Waals surface area contributed by atoms with Gasteiger partial charge in [0, 0.05) is 25.0 Å². The standard InChI is InChI=1S/C16H17N3O/c1-12(15-3-2-8-18-10-15)19-11-16(20)14-6-4-13(9-17)5-7-14/h2-8,10,12,16,19-20H,11H2,1H3/t12-,16?/m1/s1. The minimum atomic E-state index is -0.595. The van der Waals surface area contributed by atoms with Crippen molar-refractivity contribution < 1.29 is 5.11 Å². The van der Waals surface area contributed by atoms with E-state index in [0.717, 1.165) is 11.1 Å². The summed E-state index contributed by atoms with van der Waals surface area (Å²) in [7, 11) is 0. The molecule has 2 atom stereocenters. The lowest BCUT2D eigenvalue weighted by Crippen LogP contribution is -2.24. The van der Waals surface area contributed by atoms with Crippen molar-refractivity contribution in [3.63, 3.8) is 0 Å². The molecule has 2 aromatic rings. The zero-order chi connectivity index (χ0) is 14.4. The Balaban J connectivity index is 1.91. The van der Waals surface area contributed by atoms with Crippen LogP contribution in [0.25, 0.3) is 0 Å². The maximum atomic E-state index is 10.1. The molecule has 0 aliphatic carbocycles. The summed E-state index contributed by atoms with van der Waals surface area (Å²) >= 11 is 0. The van der Waals surface area contributed by atoms with Gasteiger partial charge in [-0.05, 0) is 36.2 Å². The molecule has 0 amide bonds. The highest BCUT2D eigenvalue weighted by Gasteiger charge is 2.10. The van der Waals surface area contributed by atoms with Crippen LogP contribution in [0.1, 0.15) is 35.8 Å². The molecule has 0 saturated heterocycles. The number of hydrogen-bond donors (Lipinski definition) is 2. The van der Waals surface area contributed by atoms with Crippen LogP contribution in [0.5, 0.6) is 0 Å². The fourth-order valence-electron chi connectivity index (χ4n) is 1.94. The Hall–Kier alpha value is -2.22. The average molecular weight is 267 g/mol. The van der Waals surface area contributed by atoms with Crippen molar-refractivity contribution in [1.82, 2.24) is 10.3 Å². The van der Waals surface area contributed by atoms with Crippen molar-refractivity contribution in [2.24, 2.45) is 0 Å². The highest BCUT2D eigenvalue weighted by atomic mass is 16.3. The second-order valence-corrected chi connectivity index (χ2v) is 4.67. The van der Waals surface area contributed by atoms with E-state index < -0.39 is 6.10 Å². The molecule has 0 aliphatic heterocycles. The quantitative estimate of drug-likeness (QED) is 0.872. The summed E-state index contributed by atoms with van der Waals surface area (Å²) in [5, 5.41) is 22.1. The molecule has 1 unspecified atom stereocenters. The number of nitrogens with zero attached hydrogens (tertiary/aromatic N) is 2. The van der Waals surface area contributed by atoms with Crippen molar-refractivity contribution in [3.8, 4) is 6.07 Å². The first-order chi connectivity index (χ1) is 9.70. The monoisotopic (exact) mass is 267 g/mol. The predicted molar refractivity (Wildman–Crippen MR) is 76.8 cm³/mol. The normalized spacial score (nSPS) is 13.4. The maximum Gasteiger partial charge on any atom is 0.0991 e. The van der Waals surface area contributed by atoms with Gasteiger partial charge in [-0.3, -0.25) is 4.98 Å². The van der Waals surface area contributed by atoms with Gasteiger partial charge in [0.05, 0.1) is 17.7 Å². The van der Waals surface area contributed by atoms with Crippen molar-refractivity contribution in [2.45, 2.75) is 19.1 Å². The number of nitriles is 1. The molecule has 20 heavy (non-hydrogen) atoms. The van der Waals surface area contributed by atoms with E-state index >= 15 is 0 Å². The van der Waals surface area contributed by atoms with Crippen molar-refractivity contribution in [3.05, 3.63) is 65.5 Å². The van der Waals surface area contributed by atoms with Crippen LogP contribution in [0.3, 0.4) is 0 Å². The Morgan fingerprint density at radius 2 is 2.00 bits per heavy atom. The number of aliphatic hydroxyl groups is 1. The van der Waals surface area contributed by atoms with E-state index in [1.54, 1.807) is 30.5 Å². The SMILES string of the molecule is C[C@@H](NCC(O)c1ccc(C#N)cc1)c1cccnc1. The van der Waals surface area contributed by atoms with Gasteiger partial charge >= 0.3 is 0 Å². The molecule has 102 valence electrons. The van der Waals surface area contributed by atoms with E-state index in [1.165, 1.54) is 0 Å². The van der Waals surface area contributed by atoms with Gasteiger partial charge in [-0.1, -0.05) is 18.2 Å². The Morgan fingerprint density at radius 1 is 1.25 bits per heavy atom. The summed E-state index contributed by atoms with van der Waals surface area (Å²) in [6, 6.07) is 13.1. The Bertz CT molecular complexity index is 575. The molecule has 1 aromatic heterocycles. The van der Waals surface area contributed by atoms with Crippen molar-refractivity contribution in [1.29, 1.82) is 5.26 Å². The molecule has 2 N–H and O–H groups in total. The van der Waals surface area contributed by atoms with Crippen LogP contribution in [-0.2, 0) is 0 Å². The van der Waals surface area contributed by atoms with E-state index in [4.69, 9.17) is 5.26 Å². The highest BCUT2D eigenvalue weighted by Crippen LogP contribution is 2.15. The Morgan fingerprint density at radius 3 is 2.60 bits per heavy atom. The van der Waals surface area contributed by atoms with Crippen LogP contribution >= 0.6 is 0 Å². The first-order valence-electron chi connectivity index (χ1n) is 6.52. The van der Waals surface area contributed by atoms with Crippen molar-refractivity contribution >= 4 is 0 Å². The van der Waals surface area contributed by atoms with E-state index in [-0.39, 0.29) is 6.04 Å². The lowest BCUT2D eigenvalue weighted by Gasteiger charge is -2.17. The molecule has 0 fully saturated rings. The number of hydrogen-bond acceptors (Lipinski definition) is 4. The number of rotatable bonds is 5. The highest BCUT2D eigenvalue weighted by molar-refractivity contribution is 5.32. The molecular formula is C16H17N3O. The zero-order valence-electron chi connectivity index (χ0n) is 11.3. The second kappa shape index (κ2) is 6.80. The smallest absolute Gasteiger partial charge is 0.0991 e. The van der Waals surface area contributed by atoms with Crippen molar-refractivity contribution in [2.75, 3.05) is 6.54 Å². The minimum absolute atomic E-state index is 0.122. The molecule has 4 nitrogen and oxygen atoms in total. The van der Waals surface area contributed by atoms with Gasteiger partial charge in [0.1, 0.15) is 0 Å². The molecule has 0 saturated carbocycles. The largest absolute Gasteiger partial charge is 0.387 e. The molecule has 2 rings (SSSR count). The summed E-state index contributed by atoms with van der Waals surface area (Å²) in [5.41, 5.74) is 2.48. The average Bonchev–Trinajstić information content (AvgIpc) is 2.53. The fraction of sp³-hybridized carbons (Fsp3) is 0.250. The van der Waals surface area contributed by atoms with E-state index in [2.05, 4.69) is 16.4 Å². The van der Waals surface area contributed by atoms with Gasteiger partial charge in [0.2, 0.25) is 0 Å². The number of pyridine rings is 1. The van der Waals surface area contributed by atoms with Gasteiger partial charge in [-0.25, -0.2) is 0 Å². The van der Waals surface area contributed by atoms with Gasteiger partial charge in [-0.15, -0.1) is 0 Å². The number of aliphatic hydroxyl groups excluding tert-OH is 1. The number of nitrogens with one attached hydrogen (secondary N) is 1. The maximum absolute atomic E-state index is 10.1. The van der Waals surface area contributed by atoms with Gasteiger partial charge in [0.15, 0.2) is 0 Å².